The Morgan fingerprint density at radius 2 is 1.92 bits per heavy atom. The molecule has 0 spiro atoms. The highest BCUT2D eigenvalue weighted by molar-refractivity contribution is 8.14. The van der Waals surface area contributed by atoms with Gasteiger partial charge in [0.2, 0.25) is 11.8 Å². The van der Waals surface area contributed by atoms with Crippen LogP contribution in [0.1, 0.15) is 56.2 Å². The molecular weight excluding hydrogens is 368 g/mol. The van der Waals surface area contributed by atoms with E-state index in [1.54, 1.807) is 11.3 Å². The monoisotopic (exact) mass is 392 g/mol. The molecule has 0 radical (unpaired) electrons. The van der Waals surface area contributed by atoms with Gasteiger partial charge in [0.25, 0.3) is 5.24 Å². The second kappa shape index (κ2) is 7.35. The first-order valence-corrected chi connectivity index (χ1v) is 11.3. The molecule has 3 fully saturated rings. The van der Waals surface area contributed by atoms with Crippen molar-refractivity contribution in [3.05, 3.63) is 22.4 Å². The van der Waals surface area contributed by atoms with Gasteiger partial charge >= 0.3 is 0 Å². The van der Waals surface area contributed by atoms with Gasteiger partial charge in [-0.3, -0.25) is 19.3 Å². The van der Waals surface area contributed by atoms with Crippen molar-refractivity contribution < 1.29 is 14.4 Å². The third kappa shape index (κ3) is 3.09. The maximum atomic E-state index is 13.4. The second-order valence-corrected chi connectivity index (χ2v) is 9.39. The van der Waals surface area contributed by atoms with Crippen LogP contribution >= 0.6 is 23.1 Å². The Balaban J connectivity index is 1.55. The molecule has 1 aliphatic heterocycles. The van der Waals surface area contributed by atoms with Crippen LogP contribution in [0.4, 0.5) is 4.79 Å². The molecule has 7 heteroatoms. The van der Waals surface area contributed by atoms with Crippen LogP contribution in [-0.4, -0.2) is 39.8 Å². The van der Waals surface area contributed by atoms with E-state index >= 15 is 0 Å². The Kier molecular flexibility index (Phi) is 5.10. The number of rotatable bonds is 4. The summed E-state index contributed by atoms with van der Waals surface area (Å²) in [5.41, 5.74) is -0.427. The van der Waals surface area contributed by atoms with E-state index in [2.05, 4.69) is 11.4 Å². The number of thioether (sulfide) groups is 1. The molecule has 0 bridgehead atoms. The lowest BCUT2D eigenvalue weighted by atomic mass is 9.82. The zero-order chi connectivity index (χ0) is 18.1. The van der Waals surface area contributed by atoms with Gasteiger partial charge in [-0.15, -0.1) is 11.3 Å². The average Bonchev–Trinajstić information content (AvgIpc) is 3.37. The molecule has 1 saturated heterocycles. The van der Waals surface area contributed by atoms with Gasteiger partial charge in [-0.2, -0.15) is 0 Å². The summed E-state index contributed by atoms with van der Waals surface area (Å²) in [5.74, 6) is 0.205. The van der Waals surface area contributed by atoms with Crippen LogP contribution in [0.25, 0.3) is 0 Å². The largest absolute Gasteiger partial charge is 0.350 e. The topological polar surface area (TPSA) is 66.5 Å². The number of hydrogen-bond acceptors (Lipinski definition) is 5. The van der Waals surface area contributed by atoms with Gasteiger partial charge in [0.05, 0.1) is 17.2 Å². The lowest BCUT2D eigenvalue weighted by Gasteiger charge is -2.39. The summed E-state index contributed by atoms with van der Waals surface area (Å²) in [6.07, 6.45) is 7.54. The van der Waals surface area contributed by atoms with Crippen molar-refractivity contribution in [1.29, 1.82) is 0 Å². The van der Waals surface area contributed by atoms with Crippen LogP contribution in [0, 0.1) is 0 Å². The number of carbonyl (C=O) groups is 3. The maximum absolute atomic E-state index is 13.4. The van der Waals surface area contributed by atoms with Gasteiger partial charge < -0.3 is 5.32 Å². The minimum Gasteiger partial charge on any atom is -0.350 e. The molecule has 3 aliphatic rings. The van der Waals surface area contributed by atoms with Crippen molar-refractivity contribution in [2.45, 2.75) is 68.9 Å². The summed E-state index contributed by atoms with van der Waals surface area (Å²) >= 11 is 2.73. The van der Waals surface area contributed by atoms with E-state index in [4.69, 9.17) is 0 Å². The lowest BCUT2D eigenvalue weighted by Crippen LogP contribution is -2.57. The zero-order valence-corrected chi connectivity index (χ0v) is 16.4. The molecule has 2 unspecified atom stereocenters. The van der Waals surface area contributed by atoms with Gasteiger partial charge in [-0.25, -0.2) is 0 Å². The standard InChI is InChI=1S/C19H24N2O3S2/c22-16-12-26-18(24)21(16)14-7-2-1-6-13(14)20-17(23)19(9-3-4-10-19)15-8-5-11-25-15/h5,8,11,13-14H,1-4,6-7,9-10,12H2,(H,20,23). The number of carbonyl (C=O) groups excluding carboxylic acids is 3. The Morgan fingerprint density at radius 3 is 2.58 bits per heavy atom. The van der Waals surface area contributed by atoms with E-state index in [0.29, 0.717) is 0 Å². The molecule has 1 N–H and O–H groups in total. The summed E-state index contributed by atoms with van der Waals surface area (Å²) in [7, 11) is 0. The number of nitrogens with one attached hydrogen (secondary N) is 1. The van der Waals surface area contributed by atoms with Gasteiger partial charge in [-0.05, 0) is 37.1 Å². The predicted octanol–water partition coefficient (Wildman–Crippen LogP) is 3.68. The highest BCUT2D eigenvalue weighted by Crippen LogP contribution is 2.43. The first-order chi connectivity index (χ1) is 12.6. The van der Waals surface area contributed by atoms with Crippen molar-refractivity contribution in [1.82, 2.24) is 10.2 Å². The third-order valence-corrected chi connectivity index (χ3v) is 7.96. The fraction of sp³-hybridized carbons (Fsp3) is 0.632. The molecule has 2 heterocycles. The third-order valence-electron chi connectivity index (χ3n) is 6.05. The average molecular weight is 393 g/mol. The van der Waals surface area contributed by atoms with Crippen molar-refractivity contribution >= 4 is 40.2 Å². The quantitative estimate of drug-likeness (QED) is 0.849. The Morgan fingerprint density at radius 1 is 1.15 bits per heavy atom. The molecule has 1 aromatic rings. The molecule has 2 aliphatic carbocycles. The van der Waals surface area contributed by atoms with Gasteiger partial charge in [0, 0.05) is 10.9 Å². The summed E-state index contributed by atoms with van der Waals surface area (Å²) in [5, 5.41) is 5.15. The second-order valence-electron chi connectivity index (χ2n) is 7.52. The highest BCUT2D eigenvalue weighted by Gasteiger charge is 2.46. The molecule has 2 saturated carbocycles. The van der Waals surface area contributed by atoms with E-state index in [1.807, 2.05) is 11.4 Å². The summed E-state index contributed by atoms with van der Waals surface area (Å²) in [6.45, 7) is 0. The van der Waals surface area contributed by atoms with Gasteiger partial charge in [-0.1, -0.05) is 43.5 Å². The van der Waals surface area contributed by atoms with Crippen LogP contribution in [0.15, 0.2) is 17.5 Å². The van der Waals surface area contributed by atoms with E-state index in [9.17, 15) is 14.4 Å². The summed E-state index contributed by atoms with van der Waals surface area (Å²) < 4.78 is 0. The number of amides is 3. The van der Waals surface area contributed by atoms with Gasteiger partial charge in [0.15, 0.2) is 0 Å². The van der Waals surface area contributed by atoms with Crippen molar-refractivity contribution in [2.75, 3.05) is 5.75 Å². The number of imide groups is 1. The summed E-state index contributed by atoms with van der Waals surface area (Å²) in [4.78, 5) is 40.3. The molecule has 1 aromatic heterocycles. The smallest absolute Gasteiger partial charge is 0.289 e. The predicted molar refractivity (Wildman–Crippen MR) is 103 cm³/mol. The van der Waals surface area contributed by atoms with Crippen molar-refractivity contribution in [3.8, 4) is 0 Å². The Hall–Kier alpha value is -1.34. The van der Waals surface area contributed by atoms with E-state index in [1.165, 1.54) is 4.90 Å². The first-order valence-electron chi connectivity index (χ1n) is 9.45. The molecule has 5 nitrogen and oxygen atoms in total. The SMILES string of the molecule is O=C1CSC(=O)N1C1CCCCC1NC(=O)C1(c2cccs2)CCCC1. The fourth-order valence-corrected chi connectivity index (χ4v) is 6.44. The summed E-state index contributed by atoms with van der Waals surface area (Å²) in [6, 6.07) is 3.76. The normalized spacial score (nSPS) is 28.5. The van der Waals surface area contributed by atoms with Crippen LogP contribution in [0.3, 0.4) is 0 Å². The number of hydrogen-bond donors (Lipinski definition) is 1. The Labute approximate surface area is 161 Å². The minimum atomic E-state index is -0.427. The van der Waals surface area contributed by atoms with E-state index in [0.717, 1.165) is 68.0 Å². The fourth-order valence-electron chi connectivity index (χ4n) is 4.69. The van der Waals surface area contributed by atoms with Crippen molar-refractivity contribution in [3.63, 3.8) is 0 Å². The number of nitrogens with zero attached hydrogens (tertiary/aromatic N) is 1. The molecular formula is C19H24N2O3S2. The molecule has 4 rings (SSSR count). The molecule has 3 amide bonds. The maximum Gasteiger partial charge on any atom is 0.289 e. The van der Waals surface area contributed by atoms with Crippen LogP contribution in [0.5, 0.6) is 0 Å². The van der Waals surface area contributed by atoms with Crippen LogP contribution in [-0.2, 0) is 15.0 Å². The van der Waals surface area contributed by atoms with Crippen LogP contribution < -0.4 is 5.32 Å². The molecule has 0 aromatic carbocycles. The Bertz CT molecular complexity index is 682. The first kappa shape index (κ1) is 18.0. The number of thiophene rings is 1. The lowest BCUT2D eigenvalue weighted by molar-refractivity contribution is -0.131. The van der Waals surface area contributed by atoms with Gasteiger partial charge in [0.1, 0.15) is 0 Å². The molecule has 26 heavy (non-hydrogen) atoms. The van der Waals surface area contributed by atoms with Crippen molar-refractivity contribution in [2.24, 2.45) is 0 Å². The minimum absolute atomic E-state index is 0.0843. The van der Waals surface area contributed by atoms with Crippen LogP contribution in [0.2, 0.25) is 0 Å². The zero-order valence-electron chi connectivity index (χ0n) is 14.7. The van der Waals surface area contributed by atoms with E-state index in [-0.39, 0.29) is 34.9 Å². The molecule has 140 valence electrons. The molecule has 2 atom stereocenters. The van der Waals surface area contributed by atoms with E-state index < -0.39 is 5.41 Å². The highest BCUT2D eigenvalue weighted by atomic mass is 32.2.